The van der Waals surface area contributed by atoms with E-state index >= 15 is 0 Å². The minimum Gasteiger partial charge on any atom is -0.391 e. The van der Waals surface area contributed by atoms with E-state index in [4.69, 9.17) is 5.11 Å². The fourth-order valence-electron chi connectivity index (χ4n) is 1.86. The van der Waals surface area contributed by atoms with Crippen LogP contribution in [0.2, 0.25) is 0 Å². The molecule has 0 unspecified atom stereocenters. The van der Waals surface area contributed by atoms with Gasteiger partial charge in [-0.15, -0.1) is 11.3 Å². The Hall–Kier alpha value is -1.12. The zero-order valence-corrected chi connectivity index (χ0v) is 9.77. The fourth-order valence-corrected chi connectivity index (χ4v) is 2.60. The van der Waals surface area contributed by atoms with Crippen molar-refractivity contribution in [3.05, 3.63) is 45.6 Å². The van der Waals surface area contributed by atoms with E-state index in [1.165, 1.54) is 22.3 Å². The second-order valence-electron chi connectivity index (χ2n) is 3.73. The molecular weight excluding hydrogens is 204 g/mol. The lowest BCUT2D eigenvalue weighted by molar-refractivity contribution is 0.285. The smallest absolute Gasteiger partial charge is 0.0774 e. The lowest BCUT2D eigenvalue weighted by Crippen LogP contribution is -1.85. The van der Waals surface area contributed by atoms with Gasteiger partial charge >= 0.3 is 0 Å². The SMILES string of the molecule is Cc1cccc(C)c1-c1csc(CO)c1. The molecule has 0 amide bonds. The van der Waals surface area contributed by atoms with Crippen LogP contribution in [-0.4, -0.2) is 5.11 Å². The molecular formula is C13H14OS. The molecule has 0 spiro atoms. The Bertz CT molecular complexity index is 451. The molecule has 1 heterocycles. The molecule has 0 radical (unpaired) electrons. The van der Waals surface area contributed by atoms with Gasteiger partial charge in [-0.1, -0.05) is 18.2 Å². The molecule has 1 aromatic carbocycles. The number of rotatable bonds is 2. The van der Waals surface area contributed by atoms with E-state index in [1.807, 2.05) is 0 Å². The first-order valence-corrected chi connectivity index (χ1v) is 5.85. The van der Waals surface area contributed by atoms with Crippen molar-refractivity contribution in [3.8, 4) is 11.1 Å². The maximum atomic E-state index is 9.05. The van der Waals surface area contributed by atoms with Crippen LogP contribution in [0.25, 0.3) is 11.1 Å². The Morgan fingerprint density at radius 1 is 1.20 bits per heavy atom. The fraction of sp³-hybridized carbons (Fsp3) is 0.231. The third kappa shape index (κ3) is 1.96. The quantitative estimate of drug-likeness (QED) is 0.817. The van der Waals surface area contributed by atoms with Crippen LogP contribution in [0.15, 0.2) is 29.6 Å². The molecule has 2 aromatic rings. The van der Waals surface area contributed by atoms with Crippen molar-refractivity contribution >= 4 is 11.3 Å². The number of hydrogen-bond acceptors (Lipinski definition) is 2. The van der Waals surface area contributed by atoms with Gasteiger partial charge in [-0.25, -0.2) is 0 Å². The Morgan fingerprint density at radius 2 is 1.87 bits per heavy atom. The van der Waals surface area contributed by atoms with Gasteiger partial charge in [-0.2, -0.15) is 0 Å². The van der Waals surface area contributed by atoms with E-state index in [2.05, 4.69) is 43.5 Å². The van der Waals surface area contributed by atoms with Gasteiger partial charge in [0, 0.05) is 4.88 Å². The van der Waals surface area contributed by atoms with Gasteiger partial charge in [0.15, 0.2) is 0 Å². The third-order valence-electron chi connectivity index (χ3n) is 2.58. The van der Waals surface area contributed by atoms with Crippen LogP contribution in [0.1, 0.15) is 16.0 Å². The topological polar surface area (TPSA) is 20.2 Å². The zero-order chi connectivity index (χ0) is 10.8. The molecule has 0 aliphatic heterocycles. The van der Waals surface area contributed by atoms with Crippen molar-refractivity contribution in [2.45, 2.75) is 20.5 Å². The van der Waals surface area contributed by atoms with E-state index in [0.29, 0.717) is 0 Å². The van der Waals surface area contributed by atoms with Crippen LogP contribution in [0.5, 0.6) is 0 Å². The lowest BCUT2D eigenvalue weighted by atomic mass is 9.98. The van der Waals surface area contributed by atoms with Gasteiger partial charge in [0.2, 0.25) is 0 Å². The average Bonchev–Trinajstić information content (AvgIpc) is 2.66. The van der Waals surface area contributed by atoms with Crippen molar-refractivity contribution in [2.24, 2.45) is 0 Å². The molecule has 2 rings (SSSR count). The number of thiophene rings is 1. The van der Waals surface area contributed by atoms with E-state index in [9.17, 15) is 0 Å². The highest BCUT2D eigenvalue weighted by Gasteiger charge is 2.07. The highest BCUT2D eigenvalue weighted by atomic mass is 32.1. The molecule has 78 valence electrons. The van der Waals surface area contributed by atoms with Crippen molar-refractivity contribution in [2.75, 3.05) is 0 Å². The van der Waals surface area contributed by atoms with Crippen LogP contribution in [-0.2, 0) is 6.61 Å². The van der Waals surface area contributed by atoms with E-state index in [1.54, 1.807) is 11.3 Å². The highest BCUT2D eigenvalue weighted by molar-refractivity contribution is 7.10. The first-order chi connectivity index (χ1) is 7.22. The minimum absolute atomic E-state index is 0.135. The first kappa shape index (κ1) is 10.4. The van der Waals surface area contributed by atoms with Crippen LogP contribution < -0.4 is 0 Å². The van der Waals surface area contributed by atoms with Gasteiger partial charge in [-0.05, 0) is 47.5 Å². The van der Waals surface area contributed by atoms with E-state index in [-0.39, 0.29) is 6.61 Å². The van der Waals surface area contributed by atoms with Crippen LogP contribution in [0, 0.1) is 13.8 Å². The number of hydrogen-bond donors (Lipinski definition) is 1. The maximum Gasteiger partial charge on any atom is 0.0774 e. The molecule has 2 heteroatoms. The first-order valence-electron chi connectivity index (χ1n) is 4.97. The van der Waals surface area contributed by atoms with Crippen molar-refractivity contribution in [1.82, 2.24) is 0 Å². The standard InChI is InChI=1S/C13H14OS/c1-9-4-3-5-10(2)13(9)11-6-12(7-14)15-8-11/h3-6,8,14H,7H2,1-2H3. The molecule has 15 heavy (non-hydrogen) atoms. The highest BCUT2D eigenvalue weighted by Crippen LogP contribution is 2.30. The van der Waals surface area contributed by atoms with Gasteiger partial charge in [-0.3, -0.25) is 0 Å². The van der Waals surface area contributed by atoms with Crippen LogP contribution in [0.4, 0.5) is 0 Å². The monoisotopic (exact) mass is 218 g/mol. The summed E-state index contributed by atoms with van der Waals surface area (Å²) in [7, 11) is 0. The summed E-state index contributed by atoms with van der Waals surface area (Å²) >= 11 is 1.61. The van der Waals surface area contributed by atoms with Gasteiger partial charge < -0.3 is 5.11 Å². The predicted molar refractivity (Wildman–Crippen MR) is 65.2 cm³/mol. The third-order valence-corrected chi connectivity index (χ3v) is 3.50. The van der Waals surface area contributed by atoms with Crippen molar-refractivity contribution in [3.63, 3.8) is 0 Å². The second kappa shape index (κ2) is 4.17. The summed E-state index contributed by atoms with van der Waals surface area (Å²) in [6.07, 6.45) is 0. The van der Waals surface area contributed by atoms with Gasteiger partial charge in [0.05, 0.1) is 6.61 Å². The Balaban J connectivity index is 2.53. The molecule has 0 bridgehead atoms. The summed E-state index contributed by atoms with van der Waals surface area (Å²) in [6, 6.07) is 8.39. The number of aryl methyl sites for hydroxylation is 2. The summed E-state index contributed by atoms with van der Waals surface area (Å²) in [6.45, 7) is 4.38. The Kier molecular flexibility index (Phi) is 2.89. The van der Waals surface area contributed by atoms with Crippen molar-refractivity contribution in [1.29, 1.82) is 0 Å². The average molecular weight is 218 g/mol. The molecule has 1 nitrogen and oxygen atoms in total. The number of benzene rings is 1. The maximum absolute atomic E-state index is 9.05. The summed E-state index contributed by atoms with van der Waals surface area (Å²) in [5.41, 5.74) is 5.10. The number of aliphatic hydroxyl groups excluding tert-OH is 1. The molecule has 0 atom stereocenters. The molecule has 1 aromatic heterocycles. The largest absolute Gasteiger partial charge is 0.391 e. The molecule has 0 saturated heterocycles. The van der Waals surface area contributed by atoms with Gasteiger partial charge in [0.25, 0.3) is 0 Å². The number of aliphatic hydroxyl groups is 1. The second-order valence-corrected chi connectivity index (χ2v) is 4.72. The van der Waals surface area contributed by atoms with Crippen molar-refractivity contribution < 1.29 is 5.11 Å². The summed E-state index contributed by atoms with van der Waals surface area (Å²) in [5, 5.41) is 11.2. The van der Waals surface area contributed by atoms with Crippen LogP contribution in [0.3, 0.4) is 0 Å². The Morgan fingerprint density at radius 3 is 2.40 bits per heavy atom. The molecule has 0 aliphatic carbocycles. The molecule has 0 fully saturated rings. The normalized spacial score (nSPS) is 10.6. The zero-order valence-electron chi connectivity index (χ0n) is 8.95. The predicted octanol–water partition coefficient (Wildman–Crippen LogP) is 3.52. The summed E-state index contributed by atoms with van der Waals surface area (Å²) < 4.78 is 0. The van der Waals surface area contributed by atoms with E-state index < -0.39 is 0 Å². The summed E-state index contributed by atoms with van der Waals surface area (Å²) in [5.74, 6) is 0. The minimum atomic E-state index is 0.135. The van der Waals surface area contributed by atoms with Gasteiger partial charge in [0.1, 0.15) is 0 Å². The molecule has 0 aliphatic rings. The van der Waals surface area contributed by atoms with E-state index in [0.717, 1.165) is 4.88 Å². The molecule has 1 N–H and O–H groups in total. The summed E-state index contributed by atoms with van der Waals surface area (Å²) in [4.78, 5) is 1.02. The van der Waals surface area contributed by atoms with Crippen LogP contribution >= 0.6 is 11.3 Å². The Labute approximate surface area is 94.0 Å². The molecule has 0 saturated carbocycles. The lowest BCUT2D eigenvalue weighted by Gasteiger charge is -2.07.